The van der Waals surface area contributed by atoms with E-state index in [0.29, 0.717) is 0 Å². The van der Waals surface area contributed by atoms with Crippen LogP contribution in [-0.2, 0) is 0 Å². The fourth-order valence-corrected chi connectivity index (χ4v) is 7.49. The van der Waals surface area contributed by atoms with Crippen molar-refractivity contribution < 1.29 is 0 Å². The molecule has 0 spiro atoms. The summed E-state index contributed by atoms with van der Waals surface area (Å²) in [5, 5.41) is 6.43. The van der Waals surface area contributed by atoms with Gasteiger partial charge >= 0.3 is 0 Å². The highest BCUT2D eigenvalue weighted by atomic mass is 32.1. The molecule has 3 heteroatoms. The van der Waals surface area contributed by atoms with Gasteiger partial charge in [0, 0.05) is 48.5 Å². The van der Waals surface area contributed by atoms with Crippen molar-refractivity contribution >= 4 is 64.2 Å². The lowest BCUT2D eigenvalue weighted by Gasteiger charge is -2.09. The molecule has 0 bridgehead atoms. The number of fused-ring (bicyclic) bond motifs is 7. The molecule has 0 saturated heterocycles. The molecule has 192 valence electrons. The van der Waals surface area contributed by atoms with Gasteiger partial charge in [0.25, 0.3) is 0 Å². The van der Waals surface area contributed by atoms with E-state index in [1.807, 2.05) is 11.3 Å². The minimum atomic E-state index is 1.18. The number of nitrogens with zero attached hydrogens (tertiary/aromatic N) is 2. The third kappa shape index (κ3) is 3.43. The zero-order valence-electron chi connectivity index (χ0n) is 22.2. The van der Waals surface area contributed by atoms with Crippen molar-refractivity contribution in [1.82, 2.24) is 9.13 Å². The van der Waals surface area contributed by atoms with Crippen molar-refractivity contribution in [2.45, 2.75) is 0 Å². The smallest absolute Gasteiger partial charge is 0.0541 e. The second-order valence-electron chi connectivity index (χ2n) is 10.7. The molecule has 0 radical (unpaired) electrons. The van der Waals surface area contributed by atoms with Crippen LogP contribution in [0.2, 0.25) is 0 Å². The molecule has 0 amide bonds. The van der Waals surface area contributed by atoms with Gasteiger partial charge in [-0.25, -0.2) is 0 Å². The van der Waals surface area contributed by atoms with Gasteiger partial charge in [-0.05, 0) is 83.2 Å². The molecule has 3 heterocycles. The Bertz CT molecular complexity index is 2420. The van der Waals surface area contributed by atoms with E-state index in [4.69, 9.17) is 0 Å². The maximum absolute atomic E-state index is 2.37. The van der Waals surface area contributed by atoms with Crippen LogP contribution in [0.1, 0.15) is 0 Å². The number of rotatable bonds is 3. The van der Waals surface area contributed by atoms with Crippen molar-refractivity contribution in [3.05, 3.63) is 146 Å². The molecule has 0 N–H and O–H groups in total. The normalized spacial score (nSPS) is 11.9. The average Bonchev–Trinajstić information content (AvgIpc) is 3.72. The van der Waals surface area contributed by atoms with Crippen molar-refractivity contribution in [2.24, 2.45) is 0 Å². The Morgan fingerprint density at radius 3 is 2.07 bits per heavy atom. The van der Waals surface area contributed by atoms with Gasteiger partial charge in [-0.15, -0.1) is 11.3 Å². The van der Waals surface area contributed by atoms with E-state index in [0.717, 1.165) is 0 Å². The van der Waals surface area contributed by atoms with Gasteiger partial charge in [-0.3, -0.25) is 0 Å². The molecule has 0 aliphatic rings. The maximum Gasteiger partial charge on any atom is 0.0541 e. The van der Waals surface area contributed by atoms with Crippen LogP contribution in [0.15, 0.2) is 146 Å². The van der Waals surface area contributed by atoms with E-state index in [1.54, 1.807) is 0 Å². The minimum absolute atomic E-state index is 1.18. The third-order valence-electron chi connectivity index (χ3n) is 8.35. The fraction of sp³-hybridized carbons (Fsp3) is 0. The molecule has 3 aromatic heterocycles. The van der Waals surface area contributed by atoms with Crippen LogP contribution < -0.4 is 0 Å². The van der Waals surface area contributed by atoms with Crippen LogP contribution in [0.4, 0.5) is 0 Å². The standard InChI is InChI=1S/C38H24N2S/c1-2-8-28(9-3-1)40-34-12-6-4-10-30(34)32-22-26(16-18-35(32)40)27-15-14-25-20-21-39(36(25)23-27)29-17-19-38-33(24-29)31-11-5-7-13-37(31)41-38/h1-24H. The van der Waals surface area contributed by atoms with E-state index >= 15 is 0 Å². The van der Waals surface area contributed by atoms with Crippen molar-refractivity contribution in [3.63, 3.8) is 0 Å². The molecular formula is C38H24N2S. The average molecular weight is 541 g/mol. The lowest BCUT2D eigenvalue weighted by Crippen LogP contribution is -1.93. The SMILES string of the molecule is c1ccc(-n2c3ccccc3c3cc(-c4ccc5ccn(-c6ccc7sc8ccccc8c7c6)c5c4)ccc32)cc1. The highest BCUT2D eigenvalue weighted by Gasteiger charge is 2.14. The van der Waals surface area contributed by atoms with Gasteiger partial charge in [-0.2, -0.15) is 0 Å². The van der Waals surface area contributed by atoms with Gasteiger partial charge < -0.3 is 9.13 Å². The zero-order valence-corrected chi connectivity index (χ0v) is 23.0. The molecule has 2 nitrogen and oxygen atoms in total. The Morgan fingerprint density at radius 1 is 0.415 bits per heavy atom. The first-order chi connectivity index (χ1) is 20.3. The second-order valence-corrected chi connectivity index (χ2v) is 11.7. The Balaban J connectivity index is 1.21. The number of benzene rings is 6. The van der Waals surface area contributed by atoms with E-state index in [9.17, 15) is 0 Å². The van der Waals surface area contributed by atoms with Crippen LogP contribution in [0.3, 0.4) is 0 Å². The number of thiophene rings is 1. The lowest BCUT2D eigenvalue weighted by molar-refractivity contribution is 1.13. The van der Waals surface area contributed by atoms with Crippen LogP contribution in [0.5, 0.6) is 0 Å². The van der Waals surface area contributed by atoms with Gasteiger partial charge in [-0.1, -0.05) is 72.8 Å². The molecule has 9 aromatic rings. The molecular weight excluding hydrogens is 516 g/mol. The molecule has 6 aromatic carbocycles. The zero-order chi connectivity index (χ0) is 26.9. The molecule has 41 heavy (non-hydrogen) atoms. The summed E-state index contributed by atoms with van der Waals surface area (Å²) >= 11 is 1.86. The molecule has 0 fully saturated rings. The molecule has 9 rings (SSSR count). The molecule has 0 saturated carbocycles. The Labute approximate surface area is 240 Å². The van der Waals surface area contributed by atoms with Crippen molar-refractivity contribution in [2.75, 3.05) is 0 Å². The summed E-state index contributed by atoms with van der Waals surface area (Å²) in [6, 6.07) is 50.8. The summed E-state index contributed by atoms with van der Waals surface area (Å²) < 4.78 is 7.36. The van der Waals surface area contributed by atoms with Crippen LogP contribution in [0, 0.1) is 0 Å². The van der Waals surface area contributed by atoms with E-state index in [2.05, 4.69) is 155 Å². The van der Waals surface area contributed by atoms with E-state index in [-0.39, 0.29) is 0 Å². The predicted molar refractivity (Wildman–Crippen MR) is 176 cm³/mol. The van der Waals surface area contributed by atoms with Crippen LogP contribution in [-0.4, -0.2) is 9.13 Å². The summed E-state index contributed by atoms with van der Waals surface area (Å²) in [6.07, 6.45) is 2.20. The number of hydrogen-bond donors (Lipinski definition) is 0. The summed E-state index contributed by atoms with van der Waals surface area (Å²) in [4.78, 5) is 0. The van der Waals surface area contributed by atoms with E-state index in [1.165, 1.54) is 75.4 Å². The van der Waals surface area contributed by atoms with Gasteiger partial charge in [0.2, 0.25) is 0 Å². The first-order valence-electron chi connectivity index (χ1n) is 13.9. The molecule has 0 aliphatic heterocycles. The third-order valence-corrected chi connectivity index (χ3v) is 9.50. The number of hydrogen-bond acceptors (Lipinski definition) is 1. The van der Waals surface area contributed by atoms with Crippen LogP contribution in [0.25, 0.3) is 75.4 Å². The highest BCUT2D eigenvalue weighted by molar-refractivity contribution is 7.25. The summed E-state index contributed by atoms with van der Waals surface area (Å²) in [5.74, 6) is 0. The molecule has 0 atom stereocenters. The lowest BCUT2D eigenvalue weighted by atomic mass is 10.0. The van der Waals surface area contributed by atoms with Gasteiger partial charge in [0.15, 0.2) is 0 Å². The number of aromatic nitrogens is 2. The van der Waals surface area contributed by atoms with Gasteiger partial charge in [0.05, 0.1) is 16.6 Å². The Kier molecular flexibility index (Phi) is 4.80. The topological polar surface area (TPSA) is 9.86 Å². The van der Waals surface area contributed by atoms with Crippen molar-refractivity contribution in [1.29, 1.82) is 0 Å². The largest absolute Gasteiger partial charge is 0.317 e. The monoisotopic (exact) mass is 540 g/mol. The summed E-state index contributed by atoms with van der Waals surface area (Å²) in [7, 11) is 0. The summed E-state index contributed by atoms with van der Waals surface area (Å²) in [5.41, 5.74) is 8.48. The fourth-order valence-electron chi connectivity index (χ4n) is 6.40. The number of para-hydroxylation sites is 2. The Morgan fingerprint density at radius 2 is 1.15 bits per heavy atom. The van der Waals surface area contributed by atoms with Crippen LogP contribution >= 0.6 is 11.3 Å². The van der Waals surface area contributed by atoms with Crippen molar-refractivity contribution in [3.8, 4) is 22.5 Å². The minimum Gasteiger partial charge on any atom is -0.317 e. The van der Waals surface area contributed by atoms with Gasteiger partial charge in [0.1, 0.15) is 0 Å². The predicted octanol–water partition coefficient (Wildman–Crippen LogP) is 10.8. The molecule has 0 unspecified atom stereocenters. The highest BCUT2D eigenvalue weighted by Crippen LogP contribution is 2.37. The van der Waals surface area contributed by atoms with E-state index < -0.39 is 0 Å². The quantitative estimate of drug-likeness (QED) is 0.211. The first kappa shape index (κ1) is 22.7. The second kappa shape index (κ2) is 8.69. The summed E-state index contributed by atoms with van der Waals surface area (Å²) in [6.45, 7) is 0. The molecule has 0 aliphatic carbocycles. The Hall–Kier alpha value is -5.12. The maximum atomic E-state index is 2.37. The first-order valence-corrected chi connectivity index (χ1v) is 14.8.